The maximum Gasteiger partial charge on any atom is 0.137 e. The fourth-order valence-corrected chi connectivity index (χ4v) is 3.65. The predicted octanol–water partition coefficient (Wildman–Crippen LogP) is 2.68. The molecule has 0 aliphatic carbocycles. The van der Waals surface area contributed by atoms with Crippen molar-refractivity contribution in [2.75, 3.05) is 13.2 Å². The Morgan fingerprint density at radius 2 is 2.29 bits per heavy atom. The molecule has 0 aromatic carbocycles. The normalized spacial score (nSPS) is 17.6. The zero-order valence-corrected chi connectivity index (χ0v) is 14.3. The van der Waals surface area contributed by atoms with Crippen LogP contribution in [-0.2, 0) is 13.1 Å². The van der Waals surface area contributed by atoms with Gasteiger partial charge in [-0.25, -0.2) is 4.98 Å². The topological polar surface area (TPSA) is 56.1 Å². The molecule has 0 spiro atoms. The maximum absolute atomic E-state index is 5.91. The summed E-state index contributed by atoms with van der Waals surface area (Å²) in [5, 5.41) is 7.73. The van der Waals surface area contributed by atoms with Gasteiger partial charge in [0.05, 0.1) is 28.6 Å². The molecule has 0 bridgehead atoms. The number of rotatable bonds is 5. The average molecular weight is 341 g/mol. The number of aryl methyl sites for hydroxylation is 1. The van der Waals surface area contributed by atoms with Crippen molar-refractivity contribution in [3.63, 3.8) is 0 Å². The van der Waals surface area contributed by atoms with Gasteiger partial charge >= 0.3 is 0 Å². The van der Waals surface area contributed by atoms with Crippen LogP contribution in [0.15, 0.2) is 42.2 Å². The molecule has 0 fully saturated rings. The van der Waals surface area contributed by atoms with Crippen molar-refractivity contribution in [2.24, 2.45) is 0 Å². The number of fused-ring (bicyclic) bond motifs is 1. The van der Waals surface area contributed by atoms with Gasteiger partial charge in [0.15, 0.2) is 0 Å². The van der Waals surface area contributed by atoms with Crippen LogP contribution in [-0.4, -0.2) is 37.8 Å². The van der Waals surface area contributed by atoms with Gasteiger partial charge < -0.3 is 4.74 Å². The fraction of sp³-hybridized carbons (Fsp3) is 0.353. The van der Waals surface area contributed by atoms with Crippen LogP contribution in [0, 0.1) is 6.92 Å². The molecule has 7 heteroatoms. The van der Waals surface area contributed by atoms with Crippen molar-refractivity contribution < 1.29 is 4.74 Å². The highest BCUT2D eigenvalue weighted by Crippen LogP contribution is 2.23. The van der Waals surface area contributed by atoms with Gasteiger partial charge in [0.2, 0.25) is 0 Å². The zero-order valence-electron chi connectivity index (χ0n) is 13.5. The summed E-state index contributed by atoms with van der Waals surface area (Å²) in [6, 6.07) is 6.07. The Hall–Kier alpha value is -2.25. The van der Waals surface area contributed by atoms with Crippen molar-refractivity contribution in [2.45, 2.75) is 26.1 Å². The summed E-state index contributed by atoms with van der Waals surface area (Å²) in [5.74, 6) is 0.790. The lowest BCUT2D eigenvalue weighted by Crippen LogP contribution is -2.39. The predicted molar refractivity (Wildman–Crippen MR) is 92.0 cm³/mol. The molecule has 4 heterocycles. The molecule has 4 rings (SSSR count). The van der Waals surface area contributed by atoms with Gasteiger partial charge in [-0.05, 0) is 25.1 Å². The van der Waals surface area contributed by atoms with Gasteiger partial charge in [-0.1, -0.05) is 0 Å². The highest BCUT2D eigenvalue weighted by molar-refractivity contribution is 7.09. The second kappa shape index (κ2) is 6.70. The molecular formula is C17H19N5OS. The van der Waals surface area contributed by atoms with Crippen molar-refractivity contribution >= 4 is 11.3 Å². The Kier molecular flexibility index (Phi) is 4.27. The number of aromatic nitrogens is 4. The summed E-state index contributed by atoms with van der Waals surface area (Å²) in [6.07, 6.45) is 5.35. The van der Waals surface area contributed by atoms with E-state index in [-0.39, 0.29) is 6.04 Å². The fourth-order valence-electron chi connectivity index (χ4n) is 3.04. The first kappa shape index (κ1) is 15.3. The molecule has 3 aromatic heterocycles. The molecule has 124 valence electrons. The largest absolute Gasteiger partial charge is 0.490 e. The van der Waals surface area contributed by atoms with Gasteiger partial charge in [0, 0.05) is 37.4 Å². The quantitative estimate of drug-likeness (QED) is 0.714. The van der Waals surface area contributed by atoms with Crippen LogP contribution in [0.1, 0.15) is 22.4 Å². The van der Waals surface area contributed by atoms with E-state index in [2.05, 4.69) is 36.1 Å². The lowest BCUT2D eigenvalue weighted by atomic mass is 10.2. The Morgan fingerprint density at radius 1 is 1.33 bits per heavy atom. The Morgan fingerprint density at radius 3 is 3.08 bits per heavy atom. The molecule has 1 aliphatic rings. The second-order valence-electron chi connectivity index (χ2n) is 5.95. The van der Waals surface area contributed by atoms with E-state index in [1.54, 1.807) is 23.7 Å². The maximum atomic E-state index is 5.91. The van der Waals surface area contributed by atoms with Crippen LogP contribution < -0.4 is 4.74 Å². The summed E-state index contributed by atoms with van der Waals surface area (Å²) >= 11 is 1.70. The van der Waals surface area contributed by atoms with Crippen LogP contribution >= 0.6 is 11.3 Å². The highest BCUT2D eigenvalue weighted by Gasteiger charge is 2.26. The molecule has 0 radical (unpaired) electrons. The molecule has 0 N–H and O–H groups in total. The zero-order chi connectivity index (χ0) is 16.4. The molecule has 6 nitrogen and oxygen atoms in total. The van der Waals surface area contributed by atoms with E-state index in [9.17, 15) is 0 Å². The van der Waals surface area contributed by atoms with E-state index >= 15 is 0 Å². The number of nitrogens with zero attached hydrogens (tertiary/aromatic N) is 5. The van der Waals surface area contributed by atoms with E-state index < -0.39 is 0 Å². The lowest BCUT2D eigenvalue weighted by Gasteiger charge is -2.33. The summed E-state index contributed by atoms with van der Waals surface area (Å²) < 4.78 is 7.99. The molecule has 0 amide bonds. The third-order valence-electron chi connectivity index (χ3n) is 4.08. The number of hydrogen-bond donors (Lipinski definition) is 0. The number of ether oxygens (including phenoxy) is 1. The molecule has 1 aliphatic heterocycles. The first-order valence-electron chi connectivity index (χ1n) is 7.96. The minimum atomic E-state index is 0.184. The van der Waals surface area contributed by atoms with Gasteiger partial charge in [-0.2, -0.15) is 5.10 Å². The Bertz CT molecular complexity index is 800. The average Bonchev–Trinajstić information content (AvgIpc) is 3.22. The SMILES string of the molecule is Cc1nc(CN2Cc3ccnn3[C@H](COc3cccnc3)C2)cs1. The highest BCUT2D eigenvalue weighted by atomic mass is 32.1. The molecular weight excluding hydrogens is 322 g/mol. The van der Waals surface area contributed by atoms with Crippen LogP contribution in [0.3, 0.4) is 0 Å². The molecule has 1 atom stereocenters. The van der Waals surface area contributed by atoms with Crippen molar-refractivity contribution in [1.29, 1.82) is 0 Å². The number of thiazole rings is 1. The molecule has 0 unspecified atom stereocenters. The summed E-state index contributed by atoms with van der Waals surface area (Å²) in [5.41, 5.74) is 2.35. The Labute approximate surface area is 144 Å². The van der Waals surface area contributed by atoms with E-state index in [1.165, 1.54) is 5.69 Å². The molecule has 0 saturated heterocycles. The van der Waals surface area contributed by atoms with Gasteiger partial charge in [0.25, 0.3) is 0 Å². The van der Waals surface area contributed by atoms with Gasteiger partial charge in [-0.15, -0.1) is 11.3 Å². The second-order valence-corrected chi connectivity index (χ2v) is 7.01. The third-order valence-corrected chi connectivity index (χ3v) is 4.90. The standard InChI is InChI=1S/C17H19N5OS/c1-13-20-14(12-24-13)8-21-9-15-4-6-19-22(15)16(10-21)11-23-17-3-2-5-18-7-17/h2-7,12,16H,8-11H2,1H3/t16-/m0/s1. The minimum absolute atomic E-state index is 0.184. The van der Waals surface area contributed by atoms with Crippen molar-refractivity contribution in [3.8, 4) is 5.75 Å². The monoisotopic (exact) mass is 341 g/mol. The first-order valence-corrected chi connectivity index (χ1v) is 8.84. The van der Waals surface area contributed by atoms with E-state index in [0.717, 1.165) is 36.1 Å². The van der Waals surface area contributed by atoms with E-state index in [1.807, 2.05) is 25.3 Å². The van der Waals surface area contributed by atoms with E-state index in [4.69, 9.17) is 4.74 Å². The smallest absolute Gasteiger partial charge is 0.137 e. The Balaban J connectivity index is 1.46. The van der Waals surface area contributed by atoms with Crippen LogP contribution in [0.25, 0.3) is 0 Å². The molecule has 24 heavy (non-hydrogen) atoms. The van der Waals surface area contributed by atoms with Crippen LogP contribution in [0.5, 0.6) is 5.75 Å². The van der Waals surface area contributed by atoms with Gasteiger partial charge in [-0.3, -0.25) is 14.6 Å². The number of pyridine rings is 1. The van der Waals surface area contributed by atoms with Crippen LogP contribution in [0.2, 0.25) is 0 Å². The van der Waals surface area contributed by atoms with Gasteiger partial charge in [0.1, 0.15) is 12.4 Å². The summed E-state index contributed by atoms with van der Waals surface area (Å²) in [4.78, 5) is 11.1. The molecule has 3 aromatic rings. The summed E-state index contributed by atoms with van der Waals surface area (Å²) in [7, 11) is 0. The van der Waals surface area contributed by atoms with Crippen molar-refractivity contribution in [3.05, 3.63) is 58.6 Å². The first-order chi connectivity index (χ1) is 11.8. The third kappa shape index (κ3) is 3.32. The van der Waals surface area contributed by atoms with Crippen LogP contribution in [0.4, 0.5) is 0 Å². The van der Waals surface area contributed by atoms with Crippen molar-refractivity contribution in [1.82, 2.24) is 24.6 Å². The minimum Gasteiger partial charge on any atom is -0.490 e. The lowest BCUT2D eigenvalue weighted by molar-refractivity contribution is 0.126. The number of hydrogen-bond acceptors (Lipinski definition) is 6. The van der Waals surface area contributed by atoms with E-state index in [0.29, 0.717) is 6.61 Å². The summed E-state index contributed by atoms with van der Waals surface area (Å²) in [6.45, 7) is 5.27. The molecule has 0 saturated carbocycles.